The molecule has 17 heavy (non-hydrogen) atoms. The van der Waals surface area contributed by atoms with Crippen LogP contribution in [0.25, 0.3) is 0 Å². The first kappa shape index (κ1) is 13.3. The highest BCUT2D eigenvalue weighted by molar-refractivity contribution is 5.64. The molecule has 1 rings (SSSR count). The minimum absolute atomic E-state index is 0.0779. The molecule has 0 spiro atoms. The third-order valence-electron chi connectivity index (χ3n) is 2.18. The van der Waals surface area contributed by atoms with Gasteiger partial charge in [0.05, 0.1) is 11.5 Å². The van der Waals surface area contributed by atoms with Crippen molar-refractivity contribution in [3.8, 4) is 5.75 Å². The average Bonchev–Trinajstić information content (AvgIpc) is 2.26. The van der Waals surface area contributed by atoms with E-state index in [0.29, 0.717) is 30.5 Å². The maximum atomic E-state index is 10.9. The summed E-state index contributed by atoms with van der Waals surface area (Å²) in [7, 11) is 0. The number of nitro groups is 1. The van der Waals surface area contributed by atoms with Gasteiger partial charge in [-0.25, -0.2) is 0 Å². The molecule has 1 aromatic rings. The van der Waals surface area contributed by atoms with Crippen LogP contribution < -0.4 is 10.1 Å². The normalized spacial score (nSPS) is 10.4. The minimum Gasteiger partial charge on any atom is -0.494 e. The summed E-state index contributed by atoms with van der Waals surface area (Å²) in [4.78, 5) is 10.5. The Labute approximate surface area is 101 Å². The molecule has 0 aliphatic carbocycles. The molecule has 1 N–H and O–H groups in total. The fraction of sp³-hybridized carbons (Fsp3) is 0.500. The van der Waals surface area contributed by atoms with E-state index in [9.17, 15) is 10.1 Å². The molecule has 0 unspecified atom stereocenters. The molecule has 0 amide bonds. The molecule has 0 heterocycles. The zero-order valence-electron chi connectivity index (χ0n) is 10.4. The Morgan fingerprint density at radius 3 is 2.71 bits per heavy atom. The molecule has 0 atom stereocenters. The standard InChI is InChI=1S/C12H18N2O3/c1-4-17-10-5-6-12(14(15)16)11(7-10)13-8-9(2)3/h5-7,9,13H,4,8H2,1-3H3. The molecule has 0 saturated heterocycles. The van der Waals surface area contributed by atoms with Gasteiger partial charge in [-0.1, -0.05) is 13.8 Å². The first-order valence-electron chi connectivity index (χ1n) is 5.69. The quantitative estimate of drug-likeness (QED) is 0.611. The van der Waals surface area contributed by atoms with Crippen molar-refractivity contribution in [3.63, 3.8) is 0 Å². The third kappa shape index (κ3) is 3.94. The van der Waals surface area contributed by atoms with Gasteiger partial charge in [-0.05, 0) is 18.9 Å². The highest BCUT2D eigenvalue weighted by Gasteiger charge is 2.14. The number of nitrogens with one attached hydrogen (secondary N) is 1. The molecule has 5 heteroatoms. The highest BCUT2D eigenvalue weighted by Crippen LogP contribution is 2.29. The van der Waals surface area contributed by atoms with Crippen molar-refractivity contribution in [2.45, 2.75) is 20.8 Å². The zero-order chi connectivity index (χ0) is 12.8. The highest BCUT2D eigenvalue weighted by atomic mass is 16.6. The SMILES string of the molecule is CCOc1ccc([N+](=O)[O-])c(NCC(C)C)c1. The molecule has 0 saturated carbocycles. The number of benzene rings is 1. The summed E-state index contributed by atoms with van der Waals surface area (Å²) in [5, 5.41) is 13.9. The van der Waals surface area contributed by atoms with Gasteiger partial charge in [0, 0.05) is 18.7 Å². The number of nitrogens with zero attached hydrogens (tertiary/aromatic N) is 1. The molecule has 0 radical (unpaired) electrons. The van der Waals surface area contributed by atoms with Crippen molar-refractivity contribution in [2.24, 2.45) is 5.92 Å². The van der Waals surface area contributed by atoms with Gasteiger partial charge in [0.2, 0.25) is 0 Å². The lowest BCUT2D eigenvalue weighted by atomic mass is 10.2. The number of hydrogen-bond acceptors (Lipinski definition) is 4. The van der Waals surface area contributed by atoms with E-state index in [0.717, 1.165) is 0 Å². The lowest BCUT2D eigenvalue weighted by molar-refractivity contribution is -0.384. The van der Waals surface area contributed by atoms with Gasteiger partial charge in [-0.15, -0.1) is 0 Å². The second-order valence-electron chi connectivity index (χ2n) is 4.14. The van der Waals surface area contributed by atoms with Crippen LogP contribution >= 0.6 is 0 Å². The Morgan fingerprint density at radius 1 is 1.47 bits per heavy atom. The van der Waals surface area contributed by atoms with Crippen LogP contribution in [0, 0.1) is 16.0 Å². The van der Waals surface area contributed by atoms with Gasteiger partial charge < -0.3 is 10.1 Å². The third-order valence-corrected chi connectivity index (χ3v) is 2.18. The first-order chi connectivity index (χ1) is 8.04. The van der Waals surface area contributed by atoms with Crippen molar-refractivity contribution < 1.29 is 9.66 Å². The smallest absolute Gasteiger partial charge is 0.292 e. The molecule has 0 fully saturated rings. The van der Waals surface area contributed by atoms with Gasteiger partial charge in [0.25, 0.3) is 5.69 Å². The second kappa shape index (κ2) is 6.08. The molecular formula is C12H18N2O3. The molecule has 1 aromatic carbocycles. The maximum Gasteiger partial charge on any atom is 0.292 e. The Balaban J connectivity index is 2.94. The number of rotatable bonds is 6. The summed E-state index contributed by atoms with van der Waals surface area (Å²) in [6.45, 7) is 7.21. The van der Waals surface area contributed by atoms with Crippen LogP contribution in [0.5, 0.6) is 5.75 Å². The molecule has 0 aliphatic rings. The lowest BCUT2D eigenvalue weighted by Crippen LogP contribution is -2.09. The van der Waals surface area contributed by atoms with E-state index < -0.39 is 4.92 Å². The largest absolute Gasteiger partial charge is 0.494 e. The van der Waals surface area contributed by atoms with Crippen molar-refractivity contribution in [3.05, 3.63) is 28.3 Å². The number of ether oxygens (including phenoxy) is 1. The average molecular weight is 238 g/mol. The lowest BCUT2D eigenvalue weighted by Gasteiger charge is -2.11. The summed E-state index contributed by atoms with van der Waals surface area (Å²) >= 11 is 0. The number of anilines is 1. The minimum atomic E-state index is -0.390. The van der Waals surface area contributed by atoms with Gasteiger partial charge in [-0.2, -0.15) is 0 Å². The van der Waals surface area contributed by atoms with Crippen LogP contribution in [0.4, 0.5) is 11.4 Å². The van der Waals surface area contributed by atoms with Crippen LogP contribution in [-0.2, 0) is 0 Å². The predicted octanol–water partition coefficient (Wildman–Crippen LogP) is 3.06. The first-order valence-corrected chi connectivity index (χ1v) is 5.69. The van der Waals surface area contributed by atoms with Crippen LogP contribution in [0.3, 0.4) is 0 Å². The second-order valence-corrected chi connectivity index (χ2v) is 4.14. The number of hydrogen-bond donors (Lipinski definition) is 1. The van der Waals surface area contributed by atoms with E-state index in [-0.39, 0.29) is 5.69 Å². The molecule has 94 valence electrons. The van der Waals surface area contributed by atoms with Crippen LogP contribution in [0.1, 0.15) is 20.8 Å². The van der Waals surface area contributed by atoms with E-state index in [4.69, 9.17) is 4.74 Å². The summed E-state index contributed by atoms with van der Waals surface area (Å²) < 4.78 is 5.33. The number of nitro benzene ring substituents is 1. The Bertz CT molecular complexity index is 391. The van der Waals surface area contributed by atoms with E-state index >= 15 is 0 Å². The van der Waals surface area contributed by atoms with E-state index in [1.807, 2.05) is 20.8 Å². The molecular weight excluding hydrogens is 220 g/mol. The predicted molar refractivity (Wildman–Crippen MR) is 67.6 cm³/mol. The van der Waals surface area contributed by atoms with Crippen LogP contribution in [0.15, 0.2) is 18.2 Å². The molecule has 0 bridgehead atoms. The van der Waals surface area contributed by atoms with Crippen molar-refractivity contribution in [1.82, 2.24) is 0 Å². The summed E-state index contributed by atoms with van der Waals surface area (Å²) in [6, 6.07) is 4.75. The Kier molecular flexibility index (Phi) is 4.75. The fourth-order valence-corrected chi connectivity index (χ4v) is 1.39. The summed E-state index contributed by atoms with van der Waals surface area (Å²) in [5.41, 5.74) is 0.587. The van der Waals surface area contributed by atoms with Crippen LogP contribution in [0.2, 0.25) is 0 Å². The van der Waals surface area contributed by atoms with Crippen LogP contribution in [-0.4, -0.2) is 18.1 Å². The van der Waals surface area contributed by atoms with Crippen molar-refractivity contribution in [2.75, 3.05) is 18.5 Å². The van der Waals surface area contributed by atoms with Gasteiger partial charge >= 0.3 is 0 Å². The monoisotopic (exact) mass is 238 g/mol. The molecule has 0 aliphatic heterocycles. The molecule has 0 aromatic heterocycles. The van der Waals surface area contributed by atoms with Gasteiger partial charge in [-0.3, -0.25) is 10.1 Å². The van der Waals surface area contributed by atoms with Crippen molar-refractivity contribution in [1.29, 1.82) is 0 Å². The van der Waals surface area contributed by atoms with Gasteiger partial charge in [0.15, 0.2) is 0 Å². The van der Waals surface area contributed by atoms with E-state index in [2.05, 4.69) is 5.32 Å². The maximum absolute atomic E-state index is 10.9. The fourth-order valence-electron chi connectivity index (χ4n) is 1.39. The van der Waals surface area contributed by atoms with Crippen molar-refractivity contribution >= 4 is 11.4 Å². The van der Waals surface area contributed by atoms with E-state index in [1.54, 1.807) is 12.1 Å². The summed E-state index contributed by atoms with van der Waals surface area (Å²) in [5.74, 6) is 1.06. The topological polar surface area (TPSA) is 64.4 Å². The molecule has 5 nitrogen and oxygen atoms in total. The Hall–Kier alpha value is -1.78. The van der Waals surface area contributed by atoms with E-state index in [1.165, 1.54) is 6.07 Å². The zero-order valence-corrected chi connectivity index (χ0v) is 10.4. The van der Waals surface area contributed by atoms with Gasteiger partial charge in [0.1, 0.15) is 11.4 Å². The Morgan fingerprint density at radius 2 is 2.18 bits per heavy atom. The summed E-state index contributed by atoms with van der Waals surface area (Å²) in [6.07, 6.45) is 0.